The number of thiophene rings is 1. The molecule has 0 fully saturated rings. The van der Waals surface area contributed by atoms with Crippen LogP contribution in [0, 0.1) is 6.92 Å². The number of urea groups is 1. The molecule has 1 aliphatic carbocycles. The zero-order valence-corrected chi connectivity index (χ0v) is 19.1. The molecule has 0 bridgehead atoms. The Morgan fingerprint density at radius 3 is 2.68 bits per heavy atom. The lowest BCUT2D eigenvalue weighted by Gasteiger charge is -2.14. The number of aromatic nitrogens is 2. The Bertz CT molecular complexity index is 1200. The molecule has 3 aromatic rings. The summed E-state index contributed by atoms with van der Waals surface area (Å²) in [5.74, 6) is -0.460. The Morgan fingerprint density at radius 1 is 1.19 bits per heavy atom. The molecule has 0 aliphatic heterocycles. The van der Waals surface area contributed by atoms with Crippen LogP contribution in [0.4, 0.5) is 4.79 Å². The minimum absolute atomic E-state index is 0.0218. The average Bonchev–Trinajstić information content (AvgIpc) is 3.12. The van der Waals surface area contributed by atoms with Gasteiger partial charge < -0.3 is 5.32 Å². The molecule has 1 aliphatic rings. The molecule has 3 amide bonds. The van der Waals surface area contributed by atoms with E-state index in [0.29, 0.717) is 22.8 Å². The lowest BCUT2D eigenvalue weighted by Crippen LogP contribution is -2.40. The van der Waals surface area contributed by atoms with Gasteiger partial charge in [-0.3, -0.25) is 19.5 Å². The Hall–Kier alpha value is -2.65. The fraction of sp³-hybridized carbons (Fsp3) is 0.364. The van der Waals surface area contributed by atoms with Crippen molar-refractivity contribution in [3.8, 4) is 5.69 Å². The first-order valence-corrected chi connectivity index (χ1v) is 12.1. The van der Waals surface area contributed by atoms with Gasteiger partial charge in [-0.25, -0.2) is 9.78 Å². The molecule has 2 N–H and O–H groups in total. The van der Waals surface area contributed by atoms with Crippen LogP contribution in [-0.2, 0) is 17.6 Å². The highest BCUT2D eigenvalue weighted by atomic mass is 32.2. The van der Waals surface area contributed by atoms with E-state index in [1.54, 1.807) is 22.8 Å². The molecule has 2 aromatic heterocycles. The minimum atomic E-state index is -0.529. The van der Waals surface area contributed by atoms with Gasteiger partial charge in [0.25, 0.3) is 5.56 Å². The van der Waals surface area contributed by atoms with E-state index in [9.17, 15) is 14.4 Å². The number of hydrogen-bond donors (Lipinski definition) is 2. The maximum Gasteiger partial charge on any atom is 0.321 e. The van der Waals surface area contributed by atoms with Crippen LogP contribution in [0.5, 0.6) is 0 Å². The molecule has 7 nitrogen and oxygen atoms in total. The third-order valence-electron chi connectivity index (χ3n) is 5.17. The normalized spacial score (nSPS) is 13.1. The molecule has 0 radical (unpaired) electrons. The van der Waals surface area contributed by atoms with Crippen LogP contribution in [0.15, 0.2) is 34.2 Å². The predicted octanol–water partition coefficient (Wildman–Crippen LogP) is 3.57. The quantitative estimate of drug-likeness (QED) is 0.452. The number of nitrogens with zero attached hydrogens (tertiary/aromatic N) is 2. The number of carbonyl (C=O) groups excluding carboxylic acids is 2. The summed E-state index contributed by atoms with van der Waals surface area (Å²) in [7, 11) is 0. The van der Waals surface area contributed by atoms with Gasteiger partial charge in [-0.15, -0.1) is 11.3 Å². The van der Waals surface area contributed by atoms with Crippen molar-refractivity contribution in [2.75, 3.05) is 12.3 Å². The van der Waals surface area contributed by atoms with E-state index in [4.69, 9.17) is 4.98 Å². The summed E-state index contributed by atoms with van der Waals surface area (Å²) in [6, 6.07) is 7.15. The zero-order chi connectivity index (χ0) is 22.0. The fourth-order valence-corrected chi connectivity index (χ4v) is 5.82. The summed E-state index contributed by atoms with van der Waals surface area (Å²) in [6.45, 7) is 4.20. The number of aryl methyl sites for hydroxylation is 3. The van der Waals surface area contributed by atoms with Crippen molar-refractivity contribution >= 4 is 45.3 Å². The van der Waals surface area contributed by atoms with Gasteiger partial charge in [0.2, 0.25) is 5.91 Å². The predicted molar refractivity (Wildman–Crippen MR) is 125 cm³/mol. The average molecular weight is 457 g/mol. The third-order valence-corrected chi connectivity index (χ3v) is 7.30. The Morgan fingerprint density at radius 2 is 1.94 bits per heavy atom. The molecular formula is C22H24N4O3S2. The van der Waals surface area contributed by atoms with E-state index in [1.165, 1.54) is 4.88 Å². The number of amides is 3. The Balaban J connectivity index is 1.75. The number of nitrogens with one attached hydrogen (secondary N) is 2. The van der Waals surface area contributed by atoms with E-state index in [0.717, 1.165) is 53.4 Å². The fourth-order valence-electron chi connectivity index (χ4n) is 3.70. The van der Waals surface area contributed by atoms with Crippen LogP contribution in [0.1, 0.15) is 35.8 Å². The molecule has 162 valence electrons. The van der Waals surface area contributed by atoms with Crippen molar-refractivity contribution in [1.29, 1.82) is 0 Å². The molecule has 9 heteroatoms. The molecule has 0 unspecified atom stereocenters. The maximum absolute atomic E-state index is 13.6. The Kier molecular flexibility index (Phi) is 6.43. The van der Waals surface area contributed by atoms with Gasteiger partial charge in [-0.05, 0) is 57.2 Å². The molecule has 0 spiro atoms. The van der Waals surface area contributed by atoms with Crippen molar-refractivity contribution in [2.45, 2.75) is 44.7 Å². The van der Waals surface area contributed by atoms with Crippen molar-refractivity contribution in [1.82, 2.24) is 20.2 Å². The summed E-state index contributed by atoms with van der Waals surface area (Å²) in [6.07, 6.45) is 4.10. The third kappa shape index (κ3) is 4.52. The largest absolute Gasteiger partial charge is 0.338 e. The zero-order valence-electron chi connectivity index (χ0n) is 17.5. The highest BCUT2D eigenvalue weighted by Crippen LogP contribution is 2.35. The number of hydrogen-bond acceptors (Lipinski definition) is 6. The highest BCUT2D eigenvalue weighted by Gasteiger charge is 2.23. The summed E-state index contributed by atoms with van der Waals surface area (Å²) < 4.78 is 1.59. The van der Waals surface area contributed by atoms with Gasteiger partial charge in [-0.1, -0.05) is 29.5 Å². The SMILES string of the molecule is CCNC(=O)NC(=O)CSc1nc2sc3c(c2c(=O)n1-c1ccc(C)cc1)CCCC3. The van der Waals surface area contributed by atoms with E-state index in [2.05, 4.69) is 10.6 Å². The molecule has 0 atom stereocenters. The second kappa shape index (κ2) is 9.23. The van der Waals surface area contributed by atoms with Gasteiger partial charge >= 0.3 is 6.03 Å². The molecular weight excluding hydrogens is 432 g/mol. The number of fused-ring (bicyclic) bond motifs is 3. The van der Waals surface area contributed by atoms with Crippen molar-refractivity contribution < 1.29 is 9.59 Å². The van der Waals surface area contributed by atoms with Crippen LogP contribution < -0.4 is 16.2 Å². The van der Waals surface area contributed by atoms with E-state index in [-0.39, 0.29) is 11.3 Å². The van der Waals surface area contributed by atoms with E-state index < -0.39 is 11.9 Å². The maximum atomic E-state index is 13.6. The number of imide groups is 1. The second-order valence-corrected chi connectivity index (χ2v) is 9.48. The van der Waals surface area contributed by atoms with E-state index >= 15 is 0 Å². The monoisotopic (exact) mass is 456 g/mol. The molecule has 31 heavy (non-hydrogen) atoms. The Labute approximate surface area is 188 Å². The summed E-state index contributed by atoms with van der Waals surface area (Å²) in [5.41, 5.74) is 2.84. The number of thioether (sulfide) groups is 1. The molecule has 1 aromatic carbocycles. The molecule has 4 rings (SSSR count). The summed E-state index contributed by atoms with van der Waals surface area (Å²) in [5, 5.41) is 5.97. The lowest BCUT2D eigenvalue weighted by molar-refractivity contribution is -0.117. The molecule has 0 saturated heterocycles. The topological polar surface area (TPSA) is 93.1 Å². The molecule has 2 heterocycles. The van der Waals surface area contributed by atoms with Gasteiger partial charge in [0.1, 0.15) is 4.83 Å². The second-order valence-electron chi connectivity index (χ2n) is 7.46. The van der Waals surface area contributed by atoms with Crippen LogP contribution >= 0.6 is 23.1 Å². The minimum Gasteiger partial charge on any atom is -0.338 e. The van der Waals surface area contributed by atoms with Gasteiger partial charge in [0.15, 0.2) is 5.16 Å². The lowest BCUT2D eigenvalue weighted by atomic mass is 9.97. The first-order chi connectivity index (χ1) is 15.0. The number of carbonyl (C=O) groups is 2. The first-order valence-electron chi connectivity index (χ1n) is 10.3. The highest BCUT2D eigenvalue weighted by molar-refractivity contribution is 7.99. The van der Waals surface area contributed by atoms with Crippen LogP contribution in [0.25, 0.3) is 15.9 Å². The van der Waals surface area contributed by atoms with Crippen LogP contribution in [-0.4, -0.2) is 33.8 Å². The van der Waals surface area contributed by atoms with Crippen molar-refractivity contribution in [2.24, 2.45) is 0 Å². The van der Waals surface area contributed by atoms with Gasteiger partial charge in [0, 0.05) is 11.4 Å². The standard InChI is InChI=1S/C22H24N4O3S2/c1-3-23-21(29)24-17(27)12-30-22-25-19-18(15-6-4-5-7-16(15)31-19)20(28)26(22)14-10-8-13(2)9-11-14/h8-11H,3-7,12H2,1-2H3,(H2,23,24,27,29). The van der Waals surface area contributed by atoms with Crippen molar-refractivity contribution in [3.05, 3.63) is 50.6 Å². The van der Waals surface area contributed by atoms with E-state index in [1.807, 2.05) is 31.2 Å². The van der Waals surface area contributed by atoms with Crippen LogP contribution in [0.3, 0.4) is 0 Å². The molecule has 0 saturated carbocycles. The van der Waals surface area contributed by atoms with Gasteiger partial charge in [0.05, 0.1) is 16.8 Å². The number of rotatable bonds is 5. The first kappa shape index (κ1) is 21.6. The smallest absolute Gasteiger partial charge is 0.321 e. The van der Waals surface area contributed by atoms with Crippen LogP contribution in [0.2, 0.25) is 0 Å². The van der Waals surface area contributed by atoms with Gasteiger partial charge in [-0.2, -0.15) is 0 Å². The summed E-state index contributed by atoms with van der Waals surface area (Å²) in [4.78, 5) is 44.2. The van der Waals surface area contributed by atoms with Crippen molar-refractivity contribution in [3.63, 3.8) is 0 Å². The summed E-state index contributed by atoms with van der Waals surface area (Å²) >= 11 is 2.74. The number of benzene rings is 1.